The molecule has 0 fully saturated rings. The molecule has 0 aliphatic rings. The number of rotatable bonds is 67. The summed E-state index contributed by atoms with van der Waals surface area (Å²) in [6.45, 7) is 11.8. The Labute approximate surface area is 537 Å². The fourth-order valence-electron chi connectivity index (χ4n) is 10.3. The van der Waals surface area contributed by atoms with E-state index in [2.05, 4.69) is 48.5 Å². The average Bonchev–Trinajstić information content (AvgIpc) is 3.70. The molecule has 3 N–H and O–H groups in total. The summed E-state index contributed by atoms with van der Waals surface area (Å²) in [5.74, 6) is 0.158. The third-order valence-electron chi connectivity index (χ3n) is 16.2. The van der Waals surface area contributed by atoms with E-state index in [-0.39, 0.29) is 25.7 Å². The van der Waals surface area contributed by atoms with Gasteiger partial charge in [0.25, 0.3) is 0 Å². The number of aliphatic hydroxyl groups is 1. The van der Waals surface area contributed by atoms with Crippen molar-refractivity contribution in [2.75, 3.05) is 39.6 Å². The predicted octanol–water partition coefficient (Wildman–Crippen LogP) is 19.5. The van der Waals surface area contributed by atoms with Gasteiger partial charge < -0.3 is 33.8 Å². The first-order chi connectivity index (χ1) is 42.3. The molecule has 0 saturated carbocycles. The first-order valence-electron chi connectivity index (χ1n) is 35.9. The van der Waals surface area contributed by atoms with Crippen molar-refractivity contribution >= 4 is 39.5 Å². The number of unbranched alkanes of at least 4 members (excludes halogenated alkanes) is 34. The van der Waals surface area contributed by atoms with Crippen molar-refractivity contribution in [1.29, 1.82) is 0 Å². The molecule has 0 rings (SSSR count). The Kier molecular flexibility index (Phi) is 58.7. The van der Waals surface area contributed by atoms with Crippen LogP contribution < -0.4 is 0 Å². The lowest BCUT2D eigenvalue weighted by atomic mass is 9.99. The van der Waals surface area contributed by atoms with Crippen LogP contribution in [-0.2, 0) is 65.4 Å². The van der Waals surface area contributed by atoms with Gasteiger partial charge in [0.05, 0.1) is 26.4 Å². The van der Waals surface area contributed by atoms with E-state index >= 15 is 0 Å². The van der Waals surface area contributed by atoms with Gasteiger partial charge in [0.15, 0.2) is 12.2 Å². The maximum Gasteiger partial charge on any atom is 0.472 e. The van der Waals surface area contributed by atoms with Crippen LogP contribution in [0.1, 0.15) is 344 Å². The van der Waals surface area contributed by atoms with Gasteiger partial charge in [0.1, 0.15) is 19.3 Å². The zero-order valence-corrected chi connectivity index (χ0v) is 59.0. The molecule has 0 aromatic heterocycles. The number of phosphoric ester groups is 2. The van der Waals surface area contributed by atoms with Crippen molar-refractivity contribution in [3.05, 3.63) is 0 Å². The maximum absolute atomic E-state index is 13.0. The Balaban J connectivity index is 5.20. The van der Waals surface area contributed by atoms with Crippen LogP contribution in [-0.4, -0.2) is 96.7 Å². The first-order valence-corrected chi connectivity index (χ1v) is 38.9. The topological polar surface area (TPSA) is 237 Å². The second-order valence-electron chi connectivity index (χ2n) is 26.1. The van der Waals surface area contributed by atoms with Crippen LogP contribution in [0, 0.1) is 17.8 Å². The number of hydrogen-bond acceptors (Lipinski definition) is 15. The fourth-order valence-corrected chi connectivity index (χ4v) is 11.9. The van der Waals surface area contributed by atoms with E-state index in [9.17, 15) is 43.2 Å². The summed E-state index contributed by atoms with van der Waals surface area (Å²) in [7, 11) is -9.89. The van der Waals surface area contributed by atoms with Crippen LogP contribution in [0.2, 0.25) is 0 Å². The summed E-state index contributed by atoms with van der Waals surface area (Å²) in [5.41, 5.74) is 0. The Morgan fingerprint density at radius 3 is 0.864 bits per heavy atom. The van der Waals surface area contributed by atoms with E-state index in [1.807, 2.05) is 0 Å². The Morgan fingerprint density at radius 2 is 0.580 bits per heavy atom. The van der Waals surface area contributed by atoms with Crippen LogP contribution in [0.5, 0.6) is 0 Å². The molecule has 0 aromatic carbocycles. The average molecular weight is 1300 g/mol. The molecule has 88 heavy (non-hydrogen) atoms. The molecular weight excluding hydrogens is 1160 g/mol. The van der Waals surface area contributed by atoms with Gasteiger partial charge in [-0.1, -0.05) is 292 Å². The molecule has 3 unspecified atom stereocenters. The second-order valence-corrected chi connectivity index (χ2v) is 29.0. The standard InChI is InChI=1S/C69H134O17P2/c1-8-10-11-12-13-29-36-43-50-66(71)79-56-64(86-69(74)53-46-39-32-25-23-27-34-41-48-61(5)6)58-83-87(75,76)81-54-63(70)55-82-88(77,78)84-59-65(57-80-67(72)51-44-37-30-24-22-26-33-40-47-60(3)4)85-68(73)52-45-38-31-21-19-17-15-14-16-18-20-28-35-42-49-62(7)9-2/h60-65,70H,8-59H2,1-7H3,(H,75,76)(H,77,78)/t62?,63-,64+,65+/m0/s1. The predicted molar refractivity (Wildman–Crippen MR) is 354 cm³/mol. The summed E-state index contributed by atoms with van der Waals surface area (Å²) in [5, 5.41) is 10.6. The normalized spacial score (nSPS) is 14.5. The maximum atomic E-state index is 13.0. The molecule has 0 saturated heterocycles. The summed E-state index contributed by atoms with van der Waals surface area (Å²) in [6.07, 6.45) is 43.1. The Hall–Kier alpha value is -1.94. The number of carbonyl (C=O) groups is 4. The zero-order chi connectivity index (χ0) is 65.2. The van der Waals surface area contributed by atoms with Gasteiger partial charge in [-0.25, -0.2) is 9.13 Å². The molecule has 0 bridgehead atoms. The summed E-state index contributed by atoms with van der Waals surface area (Å²) in [6, 6.07) is 0. The van der Waals surface area contributed by atoms with E-state index < -0.39 is 97.5 Å². The van der Waals surface area contributed by atoms with Gasteiger partial charge >= 0.3 is 39.5 Å². The molecule has 0 spiro atoms. The monoisotopic (exact) mass is 1300 g/mol. The Bertz CT molecular complexity index is 1730. The molecule has 6 atom stereocenters. The van der Waals surface area contributed by atoms with Gasteiger partial charge in [0.2, 0.25) is 0 Å². The van der Waals surface area contributed by atoms with E-state index in [1.54, 1.807) is 0 Å². The largest absolute Gasteiger partial charge is 0.472 e. The third kappa shape index (κ3) is 61.6. The number of carbonyl (C=O) groups excluding carboxylic acids is 4. The van der Waals surface area contributed by atoms with Gasteiger partial charge in [-0.05, 0) is 43.4 Å². The number of phosphoric acid groups is 2. The van der Waals surface area contributed by atoms with Crippen molar-refractivity contribution in [3.63, 3.8) is 0 Å². The zero-order valence-electron chi connectivity index (χ0n) is 57.2. The number of aliphatic hydroxyl groups excluding tert-OH is 1. The fraction of sp³-hybridized carbons (Fsp3) is 0.942. The minimum atomic E-state index is -4.95. The van der Waals surface area contributed by atoms with Crippen molar-refractivity contribution in [2.24, 2.45) is 17.8 Å². The highest BCUT2D eigenvalue weighted by Crippen LogP contribution is 2.45. The minimum Gasteiger partial charge on any atom is -0.462 e. The lowest BCUT2D eigenvalue weighted by Gasteiger charge is -2.21. The van der Waals surface area contributed by atoms with Crippen LogP contribution in [0.3, 0.4) is 0 Å². The van der Waals surface area contributed by atoms with Gasteiger partial charge in [0, 0.05) is 25.7 Å². The highest BCUT2D eigenvalue weighted by Gasteiger charge is 2.30. The molecule has 0 aliphatic heterocycles. The third-order valence-corrected chi connectivity index (χ3v) is 18.1. The van der Waals surface area contributed by atoms with Crippen molar-refractivity contribution < 1.29 is 80.2 Å². The molecule has 522 valence electrons. The molecule has 0 radical (unpaired) electrons. The Morgan fingerprint density at radius 1 is 0.330 bits per heavy atom. The smallest absolute Gasteiger partial charge is 0.462 e. The second kappa shape index (κ2) is 60.0. The van der Waals surface area contributed by atoms with E-state index in [1.165, 1.54) is 148 Å². The molecule has 17 nitrogen and oxygen atoms in total. The van der Waals surface area contributed by atoms with Gasteiger partial charge in [-0.15, -0.1) is 0 Å². The highest BCUT2D eigenvalue weighted by molar-refractivity contribution is 7.47. The first kappa shape index (κ1) is 86.1. The van der Waals surface area contributed by atoms with Gasteiger partial charge in [-0.3, -0.25) is 37.3 Å². The van der Waals surface area contributed by atoms with Gasteiger partial charge in [-0.2, -0.15) is 0 Å². The molecule has 0 heterocycles. The van der Waals surface area contributed by atoms with E-state index in [0.29, 0.717) is 25.7 Å². The summed E-state index contributed by atoms with van der Waals surface area (Å²) in [4.78, 5) is 72.4. The van der Waals surface area contributed by atoms with Crippen LogP contribution in [0.15, 0.2) is 0 Å². The molecular formula is C69H134O17P2. The van der Waals surface area contributed by atoms with Crippen LogP contribution >= 0.6 is 15.6 Å². The van der Waals surface area contributed by atoms with Crippen molar-refractivity contribution in [3.8, 4) is 0 Å². The van der Waals surface area contributed by atoms with E-state index in [4.69, 9.17) is 37.0 Å². The summed E-state index contributed by atoms with van der Waals surface area (Å²) >= 11 is 0. The molecule has 0 aliphatic carbocycles. The number of ether oxygens (including phenoxy) is 4. The van der Waals surface area contributed by atoms with Crippen molar-refractivity contribution in [2.45, 2.75) is 362 Å². The number of esters is 4. The summed E-state index contributed by atoms with van der Waals surface area (Å²) < 4.78 is 68.1. The molecule has 0 amide bonds. The van der Waals surface area contributed by atoms with Crippen molar-refractivity contribution in [1.82, 2.24) is 0 Å². The van der Waals surface area contributed by atoms with E-state index in [0.717, 1.165) is 114 Å². The lowest BCUT2D eigenvalue weighted by molar-refractivity contribution is -0.161. The SMILES string of the molecule is CCCCCCCCCCC(=O)OC[C@H](COP(=O)(O)OC[C@H](O)COP(=O)(O)OC[C@@H](COC(=O)CCCCCCCCCCC(C)C)OC(=O)CCCCCCCCCCCCCCCCC(C)CC)OC(=O)CCCCCCCCCCC(C)C. The lowest BCUT2D eigenvalue weighted by Crippen LogP contribution is -2.30. The minimum absolute atomic E-state index is 0.104. The highest BCUT2D eigenvalue weighted by atomic mass is 31.2. The molecule has 19 heteroatoms. The number of hydrogen-bond donors (Lipinski definition) is 3. The van der Waals surface area contributed by atoms with Crippen LogP contribution in [0.25, 0.3) is 0 Å². The quantitative estimate of drug-likeness (QED) is 0.0222. The molecule has 0 aromatic rings. The van der Waals surface area contributed by atoms with Crippen LogP contribution in [0.4, 0.5) is 0 Å².